The van der Waals surface area contributed by atoms with E-state index in [1.807, 2.05) is 0 Å². The molecule has 0 radical (unpaired) electrons. The van der Waals surface area contributed by atoms with E-state index in [2.05, 4.69) is 14.8 Å². The third-order valence-electron chi connectivity index (χ3n) is 2.49. The fourth-order valence-corrected chi connectivity index (χ4v) is 2.34. The number of hydrogen-bond donors (Lipinski definition) is 2. The highest BCUT2D eigenvalue weighted by molar-refractivity contribution is 7.89. The molecule has 1 fully saturated rings. The Kier molecular flexibility index (Phi) is 5.87. The summed E-state index contributed by atoms with van der Waals surface area (Å²) in [6.45, 7) is 1.23. The predicted octanol–water partition coefficient (Wildman–Crippen LogP) is -0.389. The number of hydrogen-bond acceptors (Lipinski definition) is 5. The van der Waals surface area contributed by atoms with E-state index in [4.69, 9.17) is 0 Å². The summed E-state index contributed by atoms with van der Waals surface area (Å²) in [5.74, 6) is -0.721. The lowest BCUT2D eigenvalue weighted by Gasteiger charge is -2.06. The smallest absolute Gasteiger partial charge is 0.306 e. The molecule has 17 heavy (non-hydrogen) atoms. The van der Waals surface area contributed by atoms with Crippen LogP contribution >= 0.6 is 0 Å². The van der Waals surface area contributed by atoms with Crippen LogP contribution in [0.5, 0.6) is 0 Å². The van der Waals surface area contributed by atoms with Crippen LogP contribution in [0.2, 0.25) is 0 Å². The summed E-state index contributed by atoms with van der Waals surface area (Å²) in [5.41, 5.74) is 0. The van der Waals surface area contributed by atoms with Gasteiger partial charge in [0.25, 0.3) is 0 Å². The second-order valence-electron chi connectivity index (χ2n) is 4.12. The van der Waals surface area contributed by atoms with Gasteiger partial charge in [-0.2, -0.15) is 0 Å². The average molecular weight is 264 g/mol. The quantitative estimate of drug-likeness (QED) is 0.438. The number of carbonyl (C=O) groups is 1. The average Bonchev–Trinajstić information content (AvgIpc) is 3.09. The summed E-state index contributed by atoms with van der Waals surface area (Å²) in [7, 11) is -2.11. The molecular weight excluding hydrogens is 244 g/mol. The number of ether oxygens (including phenoxy) is 1. The van der Waals surface area contributed by atoms with Crippen molar-refractivity contribution in [3.05, 3.63) is 0 Å². The first-order chi connectivity index (χ1) is 8.03. The molecule has 0 amide bonds. The normalized spacial score (nSPS) is 15.8. The van der Waals surface area contributed by atoms with Gasteiger partial charge in [-0.15, -0.1) is 0 Å². The molecule has 0 spiro atoms. The van der Waals surface area contributed by atoms with E-state index >= 15 is 0 Å². The summed E-state index contributed by atoms with van der Waals surface area (Å²) in [6.07, 6.45) is 3.11. The number of nitrogens with one attached hydrogen (secondary N) is 2. The molecule has 0 unspecified atom stereocenters. The maximum Gasteiger partial charge on any atom is 0.306 e. The molecule has 1 aliphatic carbocycles. The first-order valence-electron chi connectivity index (χ1n) is 5.81. The van der Waals surface area contributed by atoms with E-state index in [1.165, 1.54) is 20.0 Å². The molecular formula is C10H20N2O4S. The molecule has 0 aromatic heterocycles. The van der Waals surface area contributed by atoms with Gasteiger partial charge in [-0.05, 0) is 25.8 Å². The van der Waals surface area contributed by atoms with E-state index < -0.39 is 16.0 Å². The summed E-state index contributed by atoms with van der Waals surface area (Å²) in [6, 6.07) is 0.644. The molecule has 0 aromatic carbocycles. The predicted molar refractivity (Wildman–Crippen MR) is 64.1 cm³/mol. The van der Waals surface area contributed by atoms with Crippen molar-refractivity contribution < 1.29 is 17.9 Å². The van der Waals surface area contributed by atoms with Gasteiger partial charge in [-0.25, -0.2) is 13.1 Å². The Bertz CT molecular complexity index is 338. The van der Waals surface area contributed by atoms with Gasteiger partial charge in [-0.3, -0.25) is 4.79 Å². The minimum absolute atomic E-state index is 0.105. The highest BCUT2D eigenvalue weighted by Gasteiger charge is 2.19. The van der Waals surface area contributed by atoms with Gasteiger partial charge < -0.3 is 10.1 Å². The van der Waals surface area contributed by atoms with Crippen LogP contribution in [-0.4, -0.2) is 46.4 Å². The van der Waals surface area contributed by atoms with Gasteiger partial charge in [-0.1, -0.05) is 0 Å². The zero-order valence-corrected chi connectivity index (χ0v) is 10.9. The highest BCUT2D eigenvalue weighted by Crippen LogP contribution is 2.18. The molecule has 0 aliphatic heterocycles. The van der Waals surface area contributed by atoms with Gasteiger partial charge in [0.05, 0.1) is 19.3 Å². The Morgan fingerprint density at radius 2 is 2.06 bits per heavy atom. The lowest BCUT2D eigenvalue weighted by atomic mass is 10.4. The third kappa shape index (κ3) is 7.30. The molecule has 1 aliphatic rings. The van der Waals surface area contributed by atoms with Crippen LogP contribution in [0.3, 0.4) is 0 Å². The fourth-order valence-electron chi connectivity index (χ4n) is 1.30. The Morgan fingerprint density at radius 3 is 2.65 bits per heavy atom. The zero-order chi connectivity index (χ0) is 12.7. The van der Waals surface area contributed by atoms with Crippen molar-refractivity contribution in [2.45, 2.75) is 31.7 Å². The molecule has 100 valence electrons. The maximum atomic E-state index is 11.4. The number of rotatable bonds is 9. The van der Waals surface area contributed by atoms with Crippen molar-refractivity contribution in [3.8, 4) is 0 Å². The molecule has 1 rings (SSSR count). The SMILES string of the molecule is COC(=O)CCS(=O)(=O)NCCCNC1CC1. The Morgan fingerprint density at radius 1 is 1.35 bits per heavy atom. The molecule has 1 saturated carbocycles. The van der Waals surface area contributed by atoms with Crippen LogP contribution in [-0.2, 0) is 19.6 Å². The van der Waals surface area contributed by atoms with Gasteiger partial charge in [0.15, 0.2) is 0 Å². The van der Waals surface area contributed by atoms with Crippen LogP contribution in [0, 0.1) is 0 Å². The van der Waals surface area contributed by atoms with Crippen molar-refractivity contribution in [2.24, 2.45) is 0 Å². The van der Waals surface area contributed by atoms with Crippen LogP contribution < -0.4 is 10.0 Å². The highest BCUT2D eigenvalue weighted by atomic mass is 32.2. The van der Waals surface area contributed by atoms with E-state index in [0.29, 0.717) is 12.6 Å². The van der Waals surface area contributed by atoms with Crippen molar-refractivity contribution in [1.82, 2.24) is 10.0 Å². The molecule has 2 N–H and O–H groups in total. The minimum Gasteiger partial charge on any atom is -0.469 e. The third-order valence-corrected chi connectivity index (χ3v) is 3.87. The Balaban J connectivity index is 2.04. The fraction of sp³-hybridized carbons (Fsp3) is 0.900. The van der Waals surface area contributed by atoms with E-state index in [9.17, 15) is 13.2 Å². The summed E-state index contributed by atoms with van der Waals surface area (Å²) in [5, 5.41) is 3.29. The second-order valence-corrected chi connectivity index (χ2v) is 6.05. The summed E-state index contributed by atoms with van der Waals surface area (Å²) in [4.78, 5) is 10.8. The number of methoxy groups -OCH3 is 1. The standard InChI is InChI=1S/C10H20N2O4S/c1-16-10(13)5-8-17(14,15)12-7-2-6-11-9-3-4-9/h9,11-12H,2-8H2,1H3. The zero-order valence-electron chi connectivity index (χ0n) is 10.1. The maximum absolute atomic E-state index is 11.4. The second kappa shape index (κ2) is 6.93. The van der Waals surface area contributed by atoms with Crippen molar-refractivity contribution in [2.75, 3.05) is 26.0 Å². The Hall–Kier alpha value is -0.660. The summed E-state index contributed by atoms with van der Waals surface area (Å²) < 4.78 is 29.7. The number of esters is 1. The van der Waals surface area contributed by atoms with E-state index in [0.717, 1.165) is 13.0 Å². The summed E-state index contributed by atoms with van der Waals surface area (Å²) >= 11 is 0. The molecule has 7 heteroatoms. The van der Waals surface area contributed by atoms with Gasteiger partial charge >= 0.3 is 5.97 Å². The van der Waals surface area contributed by atoms with E-state index in [-0.39, 0.29) is 12.2 Å². The van der Waals surface area contributed by atoms with Crippen molar-refractivity contribution >= 4 is 16.0 Å². The first-order valence-corrected chi connectivity index (χ1v) is 7.46. The van der Waals surface area contributed by atoms with Crippen LogP contribution in [0.15, 0.2) is 0 Å². The van der Waals surface area contributed by atoms with Crippen LogP contribution in [0.25, 0.3) is 0 Å². The van der Waals surface area contributed by atoms with Gasteiger partial charge in [0, 0.05) is 12.6 Å². The first kappa shape index (κ1) is 14.4. The van der Waals surface area contributed by atoms with Crippen molar-refractivity contribution in [3.63, 3.8) is 0 Å². The largest absolute Gasteiger partial charge is 0.469 e. The molecule has 0 saturated heterocycles. The van der Waals surface area contributed by atoms with Crippen molar-refractivity contribution in [1.29, 1.82) is 0 Å². The molecule has 6 nitrogen and oxygen atoms in total. The molecule has 0 bridgehead atoms. The van der Waals surface area contributed by atoms with Gasteiger partial charge in [0.1, 0.15) is 0 Å². The lowest BCUT2D eigenvalue weighted by Crippen LogP contribution is -2.30. The van der Waals surface area contributed by atoms with E-state index in [1.54, 1.807) is 0 Å². The topological polar surface area (TPSA) is 84.5 Å². The molecule has 0 atom stereocenters. The number of carbonyl (C=O) groups excluding carboxylic acids is 1. The number of sulfonamides is 1. The Labute approximate surface area is 102 Å². The molecule has 0 heterocycles. The molecule has 0 aromatic rings. The lowest BCUT2D eigenvalue weighted by molar-refractivity contribution is -0.140. The van der Waals surface area contributed by atoms with Crippen LogP contribution in [0.1, 0.15) is 25.7 Å². The van der Waals surface area contributed by atoms with Crippen LogP contribution in [0.4, 0.5) is 0 Å². The monoisotopic (exact) mass is 264 g/mol. The van der Waals surface area contributed by atoms with Gasteiger partial charge in [0.2, 0.25) is 10.0 Å². The minimum atomic E-state index is -3.35.